The summed E-state index contributed by atoms with van der Waals surface area (Å²) in [4.78, 5) is 63.8. The maximum absolute atomic E-state index is 13.0. The van der Waals surface area contributed by atoms with Gasteiger partial charge >= 0.3 is 30.0 Å². The number of esters is 4. The molecule has 1 fully saturated rings. The zero-order valence-electron chi connectivity index (χ0n) is 23.8. The summed E-state index contributed by atoms with van der Waals surface area (Å²) in [6.07, 6.45) is -9.79. The summed E-state index contributed by atoms with van der Waals surface area (Å²) in [6.45, 7) is 3.12. The highest BCUT2D eigenvalue weighted by atomic mass is 16.8. The fourth-order valence-electron chi connectivity index (χ4n) is 3.77. The van der Waals surface area contributed by atoms with Crippen LogP contribution in [0.4, 0.5) is 10.5 Å². The Kier molecular flexibility index (Phi) is 13.9. The van der Waals surface area contributed by atoms with Crippen molar-refractivity contribution >= 4 is 35.7 Å². The molecule has 1 aromatic rings. The van der Waals surface area contributed by atoms with Gasteiger partial charge in [-0.3, -0.25) is 19.7 Å². The van der Waals surface area contributed by atoms with Crippen LogP contribution >= 0.6 is 0 Å². The zero-order valence-corrected chi connectivity index (χ0v) is 23.8. The number of amides is 1. The molecule has 236 valence electrons. The summed E-state index contributed by atoms with van der Waals surface area (Å²) in [5.41, 5.74) is 8.82. The summed E-state index contributed by atoms with van der Waals surface area (Å²) in [5.74, 6) is -3.66. The van der Waals surface area contributed by atoms with Crippen LogP contribution in [-0.4, -0.2) is 99.3 Å². The Morgan fingerprint density at radius 3 is 2.21 bits per heavy atom. The highest BCUT2D eigenvalue weighted by Gasteiger charge is 2.56. The third kappa shape index (κ3) is 10.9. The number of benzene rings is 1. The molecule has 0 aliphatic carbocycles. The molecule has 1 aromatic carbocycles. The average Bonchev–Trinajstić information content (AvgIpc) is 2.95. The van der Waals surface area contributed by atoms with Crippen LogP contribution in [0.15, 0.2) is 23.3 Å². The van der Waals surface area contributed by atoms with Gasteiger partial charge in [-0.1, -0.05) is 11.2 Å². The van der Waals surface area contributed by atoms with E-state index in [1.807, 2.05) is 0 Å². The van der Waals surface area contributed by atoms with Crippen LogP contribution in [0.1, 0.15) is 26.3 Å². The number of carbonyl (C=O) groups excluding carboxylic acids is 5. The molecule has 1 unspecified atom stereocenters. The van der Waals surface area contributed by atoms with E-state index < -0.39 is 60.7 Å². The van der Waals surface area contributed by atoms with E-state index in [1.54, 1.807) is 0 Å². The Hall–Kier alpha value is -4.64. The first-order valence-corrected chi connectivity index (χ1v) is 12.7. The van der Waals surface area contributed by atoms with Gasteiger partial charge in [0.15, 0.2) is 18.3 Å². The van der Waals surface area contributed by atoms with Gasteiger partial charge in [-0.15, -0.1) is 0 Å². The molecule has 0 bridgehead atoms. The third-order valence-corrected chi connectivity index (χ3v) is 5.41. The summed E-state index contributed by atoms with van der Waals surface area (Å²) >= 11 is 0. The smallest absolute Gasteiger partial charge is 0.414 e. The molecule has 1 aliphatic rings. The first kappa shape index (κ1) is 34.6. The van der Waals surface area contributed by atoms with Crippen molar-refractivity contribution in [3.05, 3.63) is 34.2 Å². The van der Waals surface area contributed by atoms with E-state index in [1.165, 1.54) is 18.2 Å². The Morgan fingerprint density at radius 1 is 0.953 bits per heavy atom. The number of anilines is 1. The lowest BCUT2D eigenvalue weighted by atomic mass is 9.97. The molecule has 1 aliphatic heterocycles. The minimum Gasteiger partial charge on any atom is -0.489 e. The van der Waals surface area contributed by atoms with Gasteiger partial charge in [0.25, 0.3) is 0 Å². The minimum atomic E-state index is -1.87. The van der Waals surface area contributed by atoms with E-state index in [4.69, 9.17) is 43.4 Å². The second-order valence-electron chi connectivity index (χ2n) is 8.60. The Bertz CT molecular complexity index is 1200. The lowest BCUT2D eigenvalue weighted by Crippen LogP contribution is -2.64. The maximum atomic E-state index is 13.0. The van der Waals surface area contributed by atoms with Gasteiger partial charge in [0.1, 0.15) is 12.4 Å². The summed E-state index contributed by atoms with van der Waals surface area (Å²) < 4.78 is 42.1. The number of aliphatic hydroxyl groups is 1. The van der Waals surface area contributed by atoms with Gasteiger partial charge < -0.3 is 43.0 Å². The van der Waals surface area contributed by atoms with E-state index in [2.05, 4.69) is 15.3 Å². The quantitative estimate of drug-likeness (QED) is 0.0747. The number of ether oxygens (including phenoxy) is 8. The number of aliphatic hydroxyl groups excluding tert-OH is 1. The molecule has 1 heterocycles. The van der Waals surface area contributed by atoms with E-state index in [-0.39, 0.29) is 44.4 Å². The van der Waals surface area contributed by atoms with E-state index in [9.17, 15) is 29.1 Å². The molecule has 5 atom stereocenters. The van der Waals surface area contributed by atoms with E-state index in [0.717, 1.165) is 27.9 Å². The van der Waals surface area contributed by atoms with Crippen molar-refractivity contribution < 1.29 is 67.0 Å². The maximum Gasteiger partial charge on any atom is 0.414 e. The number of methoxy groups -OCH3 is 1. The predicted octanol–water partition coefficient (Wildman–Crippen LogP) is 1.13. The fourth-order valence-corrected chi connectivity index (χ4v) is 3.77. The van der Waals surface area contributed by atoms with Crippen LogP contribution in [-0.2, 0) is 58.9 Å². The number of nitrogens with zero attached hydrogens (tertiary/aromatic N) is 3. The van der Waals surface area contributed by atoms with Crippen molar-refractivity contribution in [2.45, 2.75) is 58.1 Å². The molecule has 18 nitrogen and oxygen atoms in total. The van der Waals surface area contributed by atoms with Crippen molar-refractivity contribution in [1.82, 2.24) is 0 Å². The van der Waals surface area contributed by atoms with E-state index >= 15 is 0 Å². The fraction of sp³-hybridized carbons (Fsp3) is 0.560. The number of rotatable bonds is 14. The van der Waals surface area contributed by atoms with Gasteiger partial charge in [0, 0.05) is 32.2 Å². The average molecular weight is 613 g/mol. The number of hydrogen-bond donors (Lipinski definition) is 2. The van der Waals surface area contributed by atoms with E-state index in [0.29, 0.717) is 5.56 Å². The van der Waals surface area contributed by atoms with Crippen LogP contribution in [0.3, 0.4) is 0 Å². The molecule has 2 rings (SSSR count). The normalized spacial score (nSPS) is 20.9. The Morgan fingerprint density at radius 2 is 1.60 bits per heavy atom. The molecule has 0 spiro atoms. The molecule has 0 radical (unpaired) electrons. The van der Waals surface area contributed by atoms with Crippen LogP contribution in [0.25, 0.3) is 10.4 Å². The number of nitrogens with one attached hydrogen (secondary N) is 1. The van der Waals surface area contributed by atoms with Crippen molar-refractivity contribution in [3.8, 4) is 5.75 Å². The summed E-state index contributed by atoms with van der Waals surface area (Å²) in [7, 11) is 1.01. The molecule has 2 N–H and O–H groups in total. The lowest BCUT2D eigenvalue weighted by molar-refractivity contribution is -0.287. The Balaban J connectivity index is 2.29. The molecule has 1 amide bonds. The van der Waals surface area contributed by atoms with Crippen molar-refractivity contribution in [2.75, 3.05) is 38.8 Å². The van der Waals surface area contributed by atoms with Gasteiger partial charge in [0.05, 0.1) is 32.6 Å². The highest BCUT2D eigenvalue weighted by molar-refractivity contribution is 5.87. The molecule has 1 saturated heterocycles. The second-order valence-corrected chi connectivity index (χ2v) is 8.60. The van der Waals surface area contributed by atoms with Crippen LogP contribution in [0, 0.1) is 0 Å². The van der Waals surface area contributed by atoms with Crippen molar-refractivity contribution in [3.63, 3.8) is 0 Å². The SMILES string of the molecule is COC(=O)[C@H]1OC(OC(=O)Nc2ccc(CO)cc2OCCOCCN=[N+]=[N-])[C@H](OC(C)=O)[C@@H](OC(C)=O)[C@@H]1OC(C)=O. The van der Waals surface area contributed by atoms with Crippen LogP contribution in [0.5, 0.6) is 5.75 Å². The van der Waals surface area contributed by atoms with Crippen molar-refractivity contribution in [2.24, 2.45) is 5.11 Å². The zero-order chi connectivity index (χ0) is 31.9. The lowest BCUT2D eigenvalue weighted by Gasteiger charge is -2.42. The monoisotopic (exact) mass is 612 g/mol. The second kappa shape index (κ2) is 17.3. The molecule has 18 heteroatoms. The molecule has 0 saturated carbocycles. The number of azide groups is 1. The minimum absolute atomic E-state index is 0.0115. The summed E-state index contributed by atoms with van der Waals surface area (Å²) in [5, 5.41) is 15.3. The molecule has 43 heavy (non-hydrogen) atoms. The van der Waals surface area contributed by atoms with Crippen molar-refractivity contribution in [1.29, 1.82) is 0 Å². The third-order valence-electron chi connectivity index (χ3n) is 5.41. The van der Waals surface area contributed by atoms with Crippen LogP contribution in [0.2, 0.25) is 0 Å². The highest BCUT2D eigenvalue weighted by Crippen LogP contribution is 2.31. The molecule has 0 aromatic heterocycles. The van der Waals surface area contributed by atoms with Gasteiger partial charge in [-0.05, 0) is 23.2 Å². The van der Waals surface area contributed by atoms with Crippen LogP contribution < -0.4 is 10.1 Å². The summed E-state index contributed by atoms with van der Waals surface area (Å²) in [6, 6.07) is 4.35. The van der Waals surface area contributed by atoms with Gasteiger partial charge in [-0.25, -0.2) is 9.59 Å². The standard InChI is InChI=1S/C25H32N4O14/c1-13(31)39-19-20(40-14(2)32)22(41-15(3)33)24(42-21(19)23(34)36-4)43-25(35)28-17-6-5-16(12-30)11-18(17)38-10-9-37-8-7-27-29-26/h5-6,11,19-22,24,30H,7-10,12H2,1-4H3,(H,28,35)/t19-,20-,21-,22+,24?/m0/s1. The van der Waals surface area contributed by atoms with Gasteiger partial charge in [-0.2, -0.15) is 0 Å². The molecular formula is C25H32N4O14. The Labute approximate surface area is 245 Å². The largest absolute Gasteiger partial charge is 0.489 e. The van der Waals surface area contributed by atoms with Gasteiger partial charge in [0.2, 0.25) is 12.4 Å². The number of hydrogen-bond acceptors (Lipinski definition) is 15. The topological polar surface area (TPSA) is 240 Å². The number of carbonyl (C=O) groups is 5. The first-order chi connectivity index (χ1) is 20.5. The predicted molar refractivity (Wildman–Crippen MR) is 140 cm³/mol. The molecular weight excluding hydrogens is 580 g/mol. The first-order valence-electron chi connectivity index (χ1n) is 12.7.